The van der Waals surface area contributed by atoms with Crippen LogP contribution in [0.4, 0.5) is 5.69 Å². The number of rotatable bonds is 1. The Bertz CT molecular complexity index is 600. The van der Waals surface area contributed by atoms with Crippen LogP contribution in [0.5, 0.6) is 0 Å². The molecule has 0 saturated heterocycles. The molecule has 1 amide bonds. The molecule has 18 heavy (non-hydrogen) atoms. The van der Waals surface area contributed by atoms with Crippen molar-refractivity contribution in [3.8, 4) is 0 Å². The van der Waals surface area contributed by atoms with Crippen molar-refractivity contribution in [3.05, 3.63) is 53.5 Å². The van der Waals surface area contributed by atoms with E-state index in [4.69, 9.17) is 4.42 Å². The molecule has 3 rings (SSSR count). The lowest BCUT2D eigenvalue weighted by atomic mass is 10.1. The van der Waals surface area contributed by atoms with Gasteiger partial charge in [-0.15, -0.1) is 0 Å². The van der Waals surface area contributed by atoms with Gasteiger partial charge in [-0.3, -0.25) is 4.79 Å². The fourth-order valence-corrected chi connectivity index (χ4v) is 2.54. The van der Waals surface area contributed by atoms with Crippen molar-refractivity contribution in [2.45, 2.75) is 26.3 Å². The highest BCUT2D eigenvalue weighted by Crippen LogP contribution is 2.33. The van der Waals surface area contributed by atoms with E-state index in [0.717, 1.165) is 17.9 Å². The van der Waals surface area contributed by atoms with Gasteiger partial charge in [0.1, 0.15) is 5.76 Å². The van der Waals surface area contributed by atoms with Crippen molar-refractivity contribution in [1.82, 2.24) is 0 Å². The largest absolute Gasteiger partial charge is 0.456 e. The highest BCUT2D eigenvalue weighted by atomic mass is 16.3. The second-order valence-electron chi connectivity index (χ2n) is 4.77. The molecule has 1 aromatic carbocycles. The molecule has 0 N–H and O–H groups in total. The number of amides is 1. The minimum atomic E-state index is -0.0550. The molecule has 3 heteroatoms. The summed E-state index contributed by atoms with van der Waals surface area (Å²) >= 11 is 0. The summed E-state index contributed by atoms with van der Waals surface area (Å²) < 4.78 is 5.43. The third-order valence-electron chi connectivity index (χ3n) is 3.38. The number of hydrogen-bond acceptors (Lipinski definition) is 2. The number of benzene rings is 1. The van der Waals surface area contributed by atoms with E-state index in [0.29, 0.717) is 5.76 Å². The van der Waals surface area contributed by atoms with E-state index in [-0.39, 0.29) is 11.9 Å². The van der Waals surface area contributed by atoms with E-state index in [9.17, 15) is 4.79 Å². The van der Waals surface area contributed by atoms with E-state index in [1.165, 1.54) is 5.56 Å². The second kappa shape index (κ2) is 4.02. The Morgan fingerprint density at radius 2 is 2.06 bits per heavy atom. The van der Waals surface area contributed by atoms with Crippen LogP contribution in [0.15, 0.2) is 40.8 Å². The topological polar surface area (TPSA) is 33.5 Å². The molecule has 1 aromatic heterocycles. The van der Waals surface area contributed by atoms with Gasteiger partial charge < -0.3 is 9.32 Å². The van der Waals surface area contributed by atoms with Gasteiger partial charge in [-0.2, -0.15) is 0 Å². The highest BCUT2D eigenvalue weighted by molar-refractivity contribution is 6.06. The zero-order valence-corrected chi connectivity index (χ0v) is 10.5. The van der Waals surface area contributed by atoms with Crippen molar-refractivity contribution < 1.29 is 9.21 Å². The van der Waals surface area contributed by atoms with E-state index in [1.807, 2.05) is 36.1 Å². The quantitative estimate of drug-likeness (QED) is 0.768. The molecule has 92 valence electrons. The molecule has 2 heterocycles. The van der Waals surface area contributed by atoms with E-state index in [1.54, 1.807) is 6.07 Å². The molecule has 0 unspecified atom stereocenters. The monoisotopic (exact) mass is 241 g/mol. The van der Waals surface area contributed by atoms with Gasteiger partial charge in [0.15, 0.2) is 5.76 Å². The molecule has 3 nitrogen and oxygen atoms in total. The molecule has 0 spiro atoms. The van der Waals surface area contributed by atoms with Gasteiger partial charge in [-0.25, -0.2) is 0 Å². The van der Waals surface area contributed by atoms with E-state index in [2.05, 4.69) is 13.0 Å². The van der Waals surface area contributed by atoms with Gasteiger partial charge in [-0.1, -0.05) is 18.2 Å². The Morgan fingerprint density at radius 1 is 1.28 bits per heavy atom. The summed E-state index contributed by atoms with van der Waals surface area (Å²) in [6, 6.07) is 11.8. The summed E-state index contributed by atoms with van der Waals surface area (Å²) in [4.78, 5) is 14.3. The molecule has 1 atom stereocenters. The number of fused-ring (bicyclic) bond motifs is 1. The van der Waals surface area contributed by atoms with Crippen molar-refractivity contribution in [2.24, 2.45) is 0 Å². The van der Waals surface area contributed by atoms with Gasteiger partial charge in [0.05, 0.1) is 0 Å². The van der Waals surface area contributed by atoms with Crippen LogP contribution in [-0.2, 0) is 6.42 Å². The lowest BCUT2D eigenvalue weighted by molar-refractivity contribution is 0.0953. The maximum absolute atomic E-state index is 12.5. The summed E-state index contributed by atoms with van der Waals surface area (Å²) in [5.41, 5.74) is 2.23. The summed E-state index contributed by atoms with van der Waals surface area (Å²) in [6.07, 6.45) is 0.904. The van der Waals surface area contributed by atoms with Crippen LogP contribution in [0.3, 0.4) is 0 Å². The first kappa shape index (κ1) is 11.1. The van der Waals surface area contributed by atoms with Crippen LogP contribution in [0, 0.1) is 6.92 Å². The fourth-order valence-electron chi connectivity index (χ4n) is 2.54. The van der Waals surface area contributed by atoms with Crippen molar-refractivity contribution in [2.75, 3.05) is 4.90 Å². The summed E-state index contributed by atoms with van der Waals surface area (Å²) in [7, 11) is 0. The van der Waals surface area contributed by atoms with Crippen LogP contribution >= 0.6 is 0 Å². The molecule has 0 bridgehead atoms. The van der Waals surface area contributed by atoms with Gasteiger partial charge >= 0.3 is 0 Å². The van der Waals surface area contributed by atoms with E-state index >= 15 is 0 Å². The first-order valence-corrected chi connectivity index (χ1v) is 6.14. The number of nitrogens with zero attached hydrogens (tertiary/aromatic N) is 1. The van der Waals surface area contributed by atoms with Crippen LogP contribution < -0.4 is 4.90 Å². The minimum Gasteiger partial charge on any atom is -0.456 e. The number of anilines is 1. The highest BCUT2D eigenvalue weighted by Gasteiger charge is 2.32. The van der Waals surface area contributed by atoms with Gasteiger partial charge in [0.2, 0.25) is 0 Å². The van der Waals surface area contributed by atoms with Crippen molar-refractivity contribution in [1.29, 1.82) is 0 Å². The van der Waals surface area contributed by atoms with Crippen molar-refractivity contribution in [3.63, 3.8) is 0 Å². The zero-order chi connectivity index (χ0) is 12.7. The first-order chi connectivity index (χ1) is 8.66. The molecule has 1 aliphatic heterocycles. The maximum atomic E-state index is 12.5. The number of aryl methyl sites for hydroxylation is 1. The molecule has 0 saturated carbocycles. The smallest absolute Gasteiger partial charge is 0.294 e. The lowest BCUT2D eigenvalue weighted by Gasteiger charge is -2.21. The van der Waals surface area contributed by atoms with Crippen LogP contribution in [0.2, 0.25) is 0 Å². The first-order valence-electron chi connectivity index (χ1n) is 6.14. The summed E-state index contributed by atoms with van der Waals surface area (Å²) in [5.74, 6) is 1.12. The standard InChI is InChI=1S/C15H15NO2/c1-10-9-12-5-3-4-6-13(12)16(10)15(17)14-8-7-11(2)18-14/h3-8,10H,9H2,1-2H3/t10-/m1/s1. The van der Waals surface area contributed by atoms with Crippen molar-refractivity contribution >= 4 is 11.6 Å². The molecular weight excluding hydrogens is 226 g/mol. The average Bonchev–Trinajstić information content (AvgIpc) is 2.91. The summed E-state index contributed by atoms with van der Waals surface area (Å²) in [5, 5.41) is 0. The van der Waals surface area contributed by atoms with Gasteiger partial charge in [-0.05, 0) is 44.0 Å². The third-order valence-corrected chi connectivity index (χ3v) is 3.38. The zero-order valence-electron chi connectivity index (χ0n) is 10.5. The number of hydrogen-bond donors (Lipinski definition) is 0. The van der Waals surface area contributed by atoms with Gasteiger partial charge in [0.25, 0.3) is 5.91 Å². The molecule has 1 aliphatic rings. The summed E-state index contributed by atoms with van der Waals surface area (Å²) in [6.45, 7) is 3.91. The minimum absolute atomic E-state index is 0.0550. The fraction of sp³-hybridized carbons (Fsp3) is 0.267. The van der Waals surface area contributed by atoms with Gasteiger partial charge in [0, 0.05) is 11.7 Å². The predicted octanol–water partition coefficient (Wildman–Crippen LogP) is 3.18. The predicted molar refractivity (Wildman–Crippen MR) is 69.9 cm³/mol. The molecular formula is C15H15NO2. The van der Waals surface area contributed by atoms with E-state index < -0.39 is 0 Å². The molecule has 2 aromatic rings. The Balaban J connectivity index is 2.00. The lowest BCUT2D eigenvalue weighted by Crippen LogP contribution is -2.35. The molecule has 0 fully saturated rings. The third kappa shape index (κ3) is 1.63. The van der Waals surface area contributed by atoms with Crippen LogP contribution in [0.25, 0.3) is 0 Å². The average molecular weight is 241 g/mol. The number of carbonyl (C=O) groups is 1. The molecule has 0 radical (unpaired) electrons. The maximum Gasteiger partial charge on any atom is 0.294 e. The molecule has 0 aliphatic carbocycles. The number of furan rings is 1. The van der Waals surface area contributed by atoms with Crippen LogP contribution in [-0.4, -0.2) is 11.9 Å². The normalized spacial score (nSPS) is 17.9. The number of para-hydroxylation sites is 1. The van der Waals surface area contributed by atoms with Crippen LogP contribution in [0.1, 0.15) is 28.8 Å². The Morgan fingerprint density at radius 3 is 2.78 bits per heavy atom. The number of carbonyl (C=O) groups excluding carboxylic acids is 1. The second-order valence-corrected chi connectivity index (χ2v) is 4.77. The SMILES string of the molecule is Cc1ccc(C(=O)N2c3ccccc3C[C@H]2C)o1. The Hall–Kier alpha value is -2.03. The Kier molecular flexibility index (Phi) is 2.47. The Labute approximate surface area is 106 Å².